The number of carbonyl (C=O) groups is 1. The maximum absolute atomic E-state index is 12.4. The third kappa shape index (κ3) is 4.06. The number of aryl methyl sites for hydroxylation is 2. The van der Waals surface area contributed by atoms with Crippen molar-refractivity contribution in [3.05, 3.63) is 57.1 Å². The standard InChI is InChI=1S/C18H19NO6/c1-5-24-17-10-15(19(21)22)14(9-16(17)23-4)18(20)25-13-7-6-11(2)12(3)8-13/h6-10H,5H2,1-4H3. The van der Waals surface area contributed by atoms with Gasteiger partial charge in [0.25, 0.3) is 5.69 Å². The highest BCUT2D eigenvalue weighted by atomic mass is 16.6. The van der Waals surface area contributed by atoms with Gasteiger partial charge in [-0.3, -0.25) is 10.1 Å². The summed E-state index contributed by atoms with van der Waals surface area (Å²) in [5.41, 5.74) is 1.39. The van der Waals surface area contributed by atoms with Crippen molar-refractivity contribution in [1.82, 2.24) is 0 Å². The minimum atomic E-state index is -0.837. The van der Waals surface area contributed by atoms with Gasteiger partial charge in [0.15, 0.2) is 11.5 Å². The summed E-state index contributed by atoms with van der Waals surface area (Å²) < 4.78 is 15.8. The van der Waals surface area contributed by atoms with Crippen molar-refractivity contribution in [1.29, 1.82) is 0 Å². The molecule has 0 N–H and O–H groups in total. The van der Waals surface area contributed by atoms with Gasteiger partial charge in [-0.1, -0.05) is 6.07 Å². The summed E-state index contributed by atoms with van der Waals surface area (Å²) in [6.07, 6.45) is 0. The van der Waals surface area contributed by atoms with E-state index >= 15 is 0 Å². The fourth-order valence-electron chi connectivity index (χ4n) is 2.23. The topological polar surface area (TPSA) is 87.9 Å². The van der Waals surface area contributed by atoms with Gasteiger partial charge in [-0.25, -0.2) is 4.79 Å². The number of carbonyl (C=O) groups excluding carboxylic acids is 1. The normalized spacial score (nSPS) is 10.2. The summed E-state index contributed by atoms with van der Waals surface area (Å²) in [5.74, 6) is -0.106. The lowest BCUT2D eigenvalue weighted by atomic mass is 10.1. The maximum atomic E-state index is 12.4. The number of methoxy groups -OCH3 is 1. The molecule has 0 aliphatic carbocycles. The fourth-order valence-corrected chi connectivity index (χ4v) is 2.23. The molecule has 0 saturated carbocycles. The van der Waals surface area contributed by atoms with E-state index < -0.39 is 16.6 Å². The van der Waals surface area contributed by atoms with E-state index in [1.807, 2.05) is 19.9 Å². The van der Waals surface area contributed by atoms with Crippen molar-refractivity contribution in [3.8, 4) is 17.2 Å². The Morgan fingerprint density at radius 2 is 1.84 bits per heavy atom. The molecule has 0 bridgehead atoms. The van der Waals surface area contributed by atoms with Crippen LogP contribution in [0.3, 0.4) is 0 Å². The highest BCUT2D eigenvalue weighted by molar-refractivity contribution is 5.96. The van der Waals surface area contributed by atoms with Gasteiger partial charge in [-0.05, 0) is 44.0 Å². The highest BCUT2D eigenvalue weighted by Crippen LogP contribution is 2.35. The van der Waals surface area contributed by atoms with Gasteiger partial charge in [0.05, 0.1) is 24.7 Å². The van der Waals surface area contributed by atoms with Crippen LogP contribution in [-0.2, 0) is 0 Å². The molecule has 0 spiro atoms. The van der Waals surface area contributed by atoms with Crippen molar-refractivity contribution in [2.24, 2.45) is 0 Å². The van der Waals surface area contributed by atoms with E-state index in [1.54, 1.807) is 19.1 Å². The van der Waals surface area contributed by atoms with Crippen molar-refractivity contribution >= 4 is 11.7 Å². The minimum Gasteiger partial charge on any atom is -0.493 e. The fraction of sp³-hybridized carbons (Fsp3) is 0.278. The van der Waals surface area contributed by atoms with Gasteiger partial charge < -0.3 is 14.2 Å². The number of hydrogen-bond donors (Lipinski definition) is 0. The van der Waals surface area contributed by atoms with Crippen LogP contribution in [0.5, 0.6) is 17.2 Å². The molecule has 0 saturated heterocycles. The quantitative estimate of drug-likeness (QED) is 0.342. The number of hydrogen-bond acceptors (Lipinski definition) is 6. The number of benzene rings is 2. The molecule has 0 amide bonds. The molecule has 7 heteroatoms. The Labute approximate surface area is 145 Å². The van der Waals surface area contributed by atoms with E-state index in [9.17, 15) is 14.9 Å². The summed E-state index contributed by atoms with van der Waals surface area (Å²) in [5, 5.41) is 11.3. The first-order valence-electron chi connectivity index (χ1n) is 7.66. The Morgan fingerprint density at radius 3 is 2.40 bits per heavy atom. The van der Waals surface area contributed by atoms with E-state index in [-0.39, 0.29) is 17.1 Å². The maximum Gasteiger partial charge on any atom is 0.350 e. The van der Waals surface area contributed by atoms with Crippen LogP contribution in [-0.4, -0.2) is 24.6 Å². The van der Waals surface area contributed by atoms with E-state index in [0.717, 1.165) is 11.1 Å². The molecule has 0 heterocycles. The summed E-state index contributed by atoms with van der Waals surface area (Å²) >= 11 is 0. The SMILES string of the molecule is CCOc1cc([N+](=O)[O-])c(C(=O)Oc2ccc(C)c(C)c2)cc1OC. The van der Waals surface area contributed by atoms with E-state index in [4.69, 9.17) is 14.2 Å². The molecule has 0 aromatic heterocycles. The van der Waals surface area contributed by atoms with Crippen LogP contribution < -0.4 is 14.2 Å². The van der Waals surface area contributed by atoms with Crippen LogP contribution in [0.1, 0.15) is 28.4 Å². The van der Waals surface area contributed by atoms with Crippen LogP contribution in [0.15, 0.2) is 30.3 Å². The summed E-state index contributed by atoms with van der Waals surface area (Å²) in [7, 11) is 1.39. The largest absolute Gasteiger partial charge is 0.493 e. The number of nitro benzene ring substituents is 1. The molecule has 0 atom stereocenters. The first-order valence-corrected chi connectivity index (χ1v) is 7.66. The molecule has 7 nitrogen and oxygen atoms in total. The zero-order valence-corrected chi connectivity index (χ0v) is 14.5. The third-order valence-corrected chi connectivity index (χ3v) is 3.69. The molecular weight excluding hydrogens is 326 g/mol. The molecule has 2 aromatic rings. The number of nitrogens with zero attached hydrogens (tertiary/aromatic N) is 1. The lowest BCUT2D eigenvalue weighted by Gasteiger charge is -2.12. The highest BCUT2D eigenvalue weighted by Gasteiger charge is 2.26. The molecule has 2 rings (SSSR count). The zero-order chi connectivity index (χ0) is 18.6. The first-order chi connectivity index (χ1) is 11.9. The van der Waals surface area contributed by atoms with E-state index in [1.165, 1.54) is 19.2 Å². The average molecular weight is 345 g/mol. The van der Waals surface area contributed by atoms with Crippen LogP contribution in [0.2, 0.25) is 0 Å². The minimum absolute atomic E-state index is 0.194. The average Bonchev–Trinajstić information content (AvgIpc) is 2.57. The summed E-state index contributed by atoms with van der Waals surface area (Å²) in [6.45, 7) is 5.87. The molecule has 0 radical (unpaired) electrons. The molecule has 0 aliphatic rings. The summed E-state index contributed by atoms with van der Waals surface area (Å²) in [4.78, 5) is 23.1. The van der Waals surface area contributed by atoms with Crippen molar-refractivity contribution in [3.63, 3.8) is 0 Å². The second-order valence-corrected chi connectivity index (χ2v) is 5.35. The molecule has 0 fully saturated rings. The van der Waals surface area contributed by atoms with Crippen molar-refractivity contribution < 1.29 is 23.9 Å². The third-order valence-electron chi connectivity index (χ3n) is 3.69. The Morgan fingerprint density at radius 1 is 1.12 bits per heavy atom. The number of nitro groups is 1. The van der Waals surface area contributed by atoms with Gasteiger partial charge >= 0.3 is 5.97 Å². The smallest absolute Gasteiger partial charge is 0.350 e. The van der Waals surface area contributed by atoms with Crippen LogP contribution in [0.4, 0.5) is 5.69 Å². The first kappa shape index (κ1) is 18.3. The molecule has 0 aliphatic heterocycles. The zero-order valence-electron chi connectivity index (χ0n) is 14.5. The molecule has 132 valence electrons. The molecular formula is C18H19NO6. The Hall–Kier alpha value is -3.09. The second kappa shape index (κ2) is 7.65. The van der Waals surface area contributed by atoms with E-state index in [0.29, 0.717) is 12.4 Å². The number of rotatable bonds is 6. The van der Waals surface area contributed by atoms with Crippen molar-refractivity contribution in [2.45, 2.75) is 20.8 Å². The van der Waals surface area contributed by atoms with Crippen molar-refractivity contribution in [2.75, 3.05) is 13.7 Å². The van der Waals surface area contributed by atoms with Gasteiger partial charge in [0.2, 0.25) is 0 Å². The predicted molar refractivity (Wildman–Crippen MR) is 91.7 cm³/mol. The lowest BCUT2D eigenvalue weighted by molar-refractivity contribution is -0.385. The Kier molecular flexibility index (Phi) is 5.59. The molecule has 25 heavy (non-hydrogen) atoms. The van der Waals surface area contributed by atoms with Crippen LogP contribution in [0, 0.1) is 24.0 Å². The summed E-state index contributed by atoms with van der Waals surface area (Å²) in [6, 6.07) is 7.57. The van der Waals surface area contributed by atoms with Gasteiger partial charge in [0.1, 0.15) is 11.3 Å². The molecule has 2 aromatic carbocycles. The van der Waals surface area contributed by atoms with E-state index in [2.05, 4.69) is 0 Å². The van der Waals surface area contributed by atoms with Gasteiger partial charge in [-0.2, -0.15) is 0 Å². The Bertz CT molecular complexity index is 815. The van der Waals surface area contributed by atoms with Gasteiger partial charge in [-0.15, -0.1) is 0 Å². The van der Waals surface area contributed by atoms with Gasteiger partial charge in [0, 0.05) is 6.07 Å². The number of ether oxygens (including phenoxy) is 3. The predicted octanol–water partition coefficient (Wildman–Crippen LogP) is 3.84. The van der Waals surface area contributed by atoms with Crippen LogP contribution >= 0.6 is 0 Å². The van der Waals surface area contributed by atoms with Crippen LogP contribution in [0.25, 0.3) is 0 Å². The lowest BCUT2D eigenvalue weighted by Crippen LogP contribution is -2.12. The number of esters is 1. The molecule has 0 unspecified atom stereocenters. The Balaban J connectivity index is 2.43. The monoisotopic (exact) mass is 345 g/mol. The second-order valence-electron chi connectivity index (χ2n) is 5.35.